The number of piperazine rings is 1. The minimum atomic E-state index is -0.311. The van der Waals surface area contributed by atoms with Gasteiger partial charge in [-0.3, -0.25) is 9.69 Å². The summed E-state index contributed by atoms with van der Waals surface area (Å²) in [5, 5.41) is 3.71. The predicted molar refractivity (Wildman–Crippen MR) is 98.7 cm³/mol. The topological polar surface area (TPSA) is 35.6 Å². The molecule has 0 bridgehead atoms. The molecule has 136 valence electrons. The first-order chi connectivity index (χ1) is 10.6. The van der Waals surface area contributed by atoms with Gasteiger partial charge in [-0.2, -0.15) is 0 Å². The number of hydrogen-bond donors (Lipinski definition) is 1. The van der Waals surface area contributed by atoms with Crippen molar-refractivity contribution >= 4 is 42.3 Å². The second-order valence-corrected chi connectivity index (χ2v) is 6.43. The van der Waals surface area contributed by atoms with Crippen LogP contribution in [0.25, 0.3) is 0 Å². The lowest BCUT2D eigenvalue weighted by Gasteiger charge is -2.36. The molecule has 2 aliphatic rings. The van der Waals surface area contributed by atoms with Crippen LogP contribution < -0.4 is 5.32 Å². The van der Waals surface area contributed by atoms with Crippen molar-refractivity contribution in [1.29, 1.82) is 0 Å². The predicted octanol–water partition coefficient (Wildman–Crippen LogP) is 2.58. The quantitative estimate of drug-likeness (QED) is 0.850. The van der Waals surface area contributed by atoms with Gasteiger partial charge in [0.1, 0.15) is 5.82 Å². The summed E-state index contributed by atoms with van der Waals surface area (Å²) in [7, 11) is 0. The molecule has 24 heavy (non-hydrogen) atoms. The number of carbonyl (C=O) groups excluding carboxylic acids is 1. The van der Waals surface area contributed by atoms with Gasteiger partial charge in [-0.05, 0) is 30.7 Å². The Balaban J connectivity index is 0.00000144. The van der Waals surface area contributed by atoms with E-state index >= 15 is 0 Å². The fourth-order valence-corrected chi connectivity index (χ4v) is 3.37. The fourth-order valence-electron chi connectivity index (χ4n) is 3.14. The SMILES string of the molecule is Cl.Cl.O=C(C1CCNC1)N1CCN(Cc2ccc(F)cc2Cl)CC1. The first kappa shape index (κ1) is 21.5. The molecule has 2 heterocycles. The third-order valence-corrected chi connectivity index (χ3v) is 4.85. The molecule has 8 heteroatoms. The molecule has 0 radical (unpaired) electrons. The zero-order valence-corrected chi connectivity index (χ0v) is 15.7. The van der Waals surface area contributed by atoms with Gasteiger partial charge < -0.3 is 10.2 Å². The molecule has 1 atom stereocenters. The summed E-state index contributed by atoms with van der Waals surface area (Å²) in [5.41, 5.74) is 0.933. The van der Waals surface area contributed by atoms with Crippen molar-refractivity contribution in [3.05, 3.63) is 34.6 Å². The Bertz CT molecular complexity index is 547. The van der Waals surface area contributed by atoms with Gasteiger partial charge in [-0.15, -0.1) is 24.8 Å². The molecule has 0 aliphatic carbocycles. The van der Waals surface area contributed by atoms with E-state index in [9.17, 15) is 9.18 Å². The van der Waals surface area contributed by atoms with Crippen LogP contribution in [-0.2, 0) is 11.3 Å². The molecule has 3 rings (SSSR count). The van der Waals surface area contributed by atoms with Gasteiger partial charge in [0, 0.05) is 44.3 Å². The summed E-state index contributed by atoms with van der Waals surface area (Å²) in [6.07, 6.45) is 0.949. The minimum absolute atomic E-state index is 0. The van der Waals surface area contributed by atoms with Crippen LogP contribution in [0.4, 0.5) is 4.39 Å². The highest BCUT2D eigenvalue weighted by Gasteiger charge is 2.29. The molecule has 1 amide bonds. The molecule has 0 spiro atoms. The van der Waals surface area contributed by atoms with E-state index in [1.54, 1.807) is 6.07 Å². The van der Waals surface area contributed by atoms with Crippen molar-refractivity contribution in [2.75, 3.05) is 39.3 Å². The Labute approximate surface area is 159 Å². The van der Waals surface area contributed by atoms with E-state index < -0.39 is 0 Å². The van der Waals surface area contributed by atoms with Gasteiger partial charge in [-0.1, -0.05) is 17.7 Å². The Kier molecular flexibility index (Phi) is 8.74. The van der Waals surface area contributed by atoms with Crippen molar-refractivity contribution in [3.63, 3.8) is 0 Å². The second kappa shape index (κ2) is 9.78. The molecule has 4 nitrogen and oxygen atoms in total. The van der Waals surface area contributed by atoms with Gasteiger partial charge in [0.15, 0.2) is 0 Å². The van der Waals surface area contributed by atoms with Crippen molar-refractivity contribution in [2.24, 2.45) is 5.92 Å². The van der Waals surface area contributed by atoms with Crippen LogP contribution in [0, 0.1) is 11.7 Å². The monoisotopic (exact) mass is 397 g/mol. The lowest BCUT2D eigenvalue weighted by molar-refractivity contribution is -0.136. The zero-order valence-electron chi connectivity index (χ0n) is 13.3. The van der Waals surface area contributed by atoms with Crippen LogP contribution in [0.1, 0.15) is 12.0 Å². The fraction of sp³-hybridized carbons (Fsp3) is 0.562. The number of nitrogens with zero attached hydrogens (tertiary/aromatic N) is 2. The molecule has 0 saturated carbocycles. The van der Waals surface area contributed by atoms with Gasteiger partial charge in [0.05, 0.1) is 5.92 Å². The third kappa shape index (κ3) is 5.20. The highest BCUT2D eigenvalue weighted by molar-refractivity contribution is 6.31. The number of hydrogen-bond acceptors (Lipinski definition) is 3. The Morgan fingerprint density at radius 2 is 1.96 bits per heavy atom. The molecule has 2 saturated heterocycles. The molecular formula is C16H23Cl3FN3O. The summed E-state index contributed by atoms with van der Waals surface area (Å²) >= 11 is 6.08. The van der Waals surface area contributed by atoms with Crippen LogP contribution in [0.3, 0.4) is 0 Å². The first-order valence-corrected chi connectivity index (χ1v) is 8.17. The number of halogens is 4. The largest absolute Gasteiger partial charge is 0.340 e. The average molecular weight is 399 g/mol. The highest BCUT2D eigenvalue weighted by Crippen LogP contribution is 2.20. The van der Waals surface area contributed by atoms with Crippen molar-refractivity contribution in [1.82, 2.24) is 15.1 Å². The van der Waals surface area contributed by atoms with Gasteiger partial charge in [0.2, 0.25) is 5.91 Å². The van der Waals surface area contributed by atoms with Gasteiger partial charge in [0.25, 0.3) is 0 Å². The molecule has 2 fully saturated rings. The number of amides is 1. The number of rotatable bonds is 3. The average Bonchev–Trinajstić information content (AvgIpc) is 3.04. The summed E-state index contributed by atoms with van der Waals surface area (Å²) < 4.78 is 13.1. The smallest absolute Gasteiger partial charge is 0.227 e. The van der Waals surface area contributed by atoms with Crippen LogP contribution in [0.5, 0.6) is 0 Å². The number of benzene rings is 1. The lowest BCUT2D eigenvalue weighted by atomic mass is 10.1. The van der Waals surface area contributed by atoms with E-state index in [-0.39, 0.29) is 42.5 Å². The standard InChI is InChI=1S/C16H21ClFN3O.2ClH/c17-15-9-14(18)2-1-13(15)11-20-5-7-21(8-6-20)16(22)12-3-4-19-10-12;;/h1-2,9,12,19H,3-8,10-11H2;2*1H. The maximum atomic E-state index is 13.1. The van der Waals surface area contributed by atoms with E-state index in [1.807, 2.05) is 4.90 Å². The third-order valence-electron chi connectivity index (χ3n) is 4.50. The van der Waals surface area contributed by atoms with E-state index in [2.05, 4.69) is 10.2 Å². The second-order valence-electron chi connectivity index (χ2n) is 6.03. The molecule has 1 aromatic rings. The van der Waals surface area contributed by atoms with Crippen molar-refractivity contribution < 1.29 is 9.18 Å². The summed E-state index contributed by atoms with van der Waals surface area (Å²) in [4.78, 5) is 16.6. The Hall–Kier alpha value is -0.590. The van der Waals surface area contributed by atoms with Crippen LogP contribution >= 0.6 is 36.4 Å². The lowest BCUT2D eigenvalue weighted by Crippen LogP contribution is -2.50. The molecule has 2 aliphatic heterocycles. The molecular weight excluding hydrogens is 376 g/mol. The van der Waals surface area contributed by atoms with E-state index in [4.69, 9.17) is 11.6 Å². The van der Waals surface area contributed by atoms with Crippen LogP contribution in [0.2, 0.25) is 5.02 Å². The molecule has 1 aromatic carbocycles. The molecule has 0 aromatic heterocycles. The number of carbonyl (C=O) groups is 1. The van der Waals surface area contributed by atoms with E-state index in [0.29, 0.717) is 11.6 Å². The van der Waals surface area contributed by atoms with E-state index in [1.165, 1.54) is 12.1 Å². The molecule has 1 unspecified atom stereocenters. The highest BCUT2D eigenvalue weighted by atomic mass is 35.5. The van der Waals surface area contributed by atoms with Gasteiger partial charge in [-0.25, -0.2) is 4.39 Å². The van der Waals surface area contributed by atoms with Crippen LogP contribution in [0.15, 0.2) is 18.2 Å². The van der Waals surface area contributed by atoms with Crippen molar-refractivity contribution in [3.8, 4) is 0 Å². The zero-order chi connectivity index (χ0) is 15.5. The summed E-state index contributed by atoms with van der Waals surface area (Å²) in [5.74, 6) is 0.122. The van der Waals surface area contributed by atoms with E-state index in [0.717, 1.165) is 51.3 Å². The van der Waals surface area contributed by atoms with Gasteiger partial charge >= 0.3 is 0 Å². The maximum Gasteiger partial charge on any atom is 0.227 e. The number of nitrogens with one attached hydrogen (secondary N) is 1. The van der Waals surface area contributed by atoms with Crippen LogP contribution in [-0.4, -0.2) is 55.0 Å². The first-order valence-electron chi connectivity index (χ1n) is 7.79. The minimum Gasteiger partial charge on any atom is -0.340 e. The van der Waals surface area contributed by atoms with Crippen molar-refractivity contribution in [2.45, 2.75) is 13.0 Å². The maximum absolute atomic E-state index is 13.1. The summed E-state index contributed by atoms with van der Waals surface area (Å²) in [6.45, 7) is 5.64. The Morgan fingerprint density at radius 3 is 2.54 bits per heavy atom. The normalized spacial score (nSPS) is 21.1. The summed E-state index contributed by atoms with van der Waals surface area (Å²) in [6, 6.07) is 4.53. The molecule has 1 N–H and O–H groups in total. The Morgan fingerprint density at radius 1 is 1.25 bits per heavy atom.